The highest BCUT2D eigenvalue weighted by Gasteiger charge is 2.21. The third kappa shape index (κ3) is 3.26. The lowest BCUT2D eigenvalue weighted by atomic mass is 9.97. The maximum atomic E-state index is 4.54. The second-order valence-corrected chi connectivity index (χ2v) is 9.99. The van der Waals surface area contributed by atoms with Gasteiger partial charge in [-0.25, -0.2) is 9.97 Å². The van der Waals surface area contributed by atoms with Crippen LogP contribution in [0.1, 0.15) is 36.6 Å². The van der Waals surface area contributed by atoms with Gasteiger partial charge in [-0.1, -0.05) is 30.0 Å². The number of thiophene rings is 1. The molecule has 3 aromatic rings. The second kappa shape index (κ2) is 7.04. The number of hydrogen-bond donors (Lipinski definition) is 0. The number of thioether (sulfide) groups is 1. The third-order valence-corrected chi connectivity index (χ3v) is 8.23. The molecule has 0 aliphatic heterocycles. The predicted molar refractivity (Wildman–Crippen MR) is 99.1 cm³/mol. The molecule has 0 N–H and O–H groups in total. The monoisotopic (exact) mass is 380 g/mol. The van der Waals surface area contributed by atoms with Gasteiger partial charge in [-0.05, 0) is 49.4 Å². The molecule has 0 radical (unpaired) electrons. The molecule has 1 aliphatic rings. The van der Waals surface area contributed by atoms with Crippen LogP contribution < -0.4 is 0 Å². The smallest absolute Gasteiger partial charge is 0.181 e. The van der Waals surface area contributed by atoms with Gasteiger partial charge in [0.15, 0.2) is 8.68 Å². The van der Waals surface area contributed by atoms with Crippen LogP contribution in [0.15, 0.2) is 20.0 Å². The largest absolute Gasteiger partial charge is 0.229 e. The molecule has 0 saturated heterocycles. The molecule has 8 heteroatoms. The van der Waals surface area contributed by atoms with E-state index in [4.69, 9.17) is 0 Å². The van der Waals surface area contributed by atoms with Crippen LogP contribution in [0.5, 0.6) is 0 Å². The zero-order chi connectivity index (χ0) is 15.6. The average Bonchev–Trinajstić information content (AvgIpc) is 3.17. The summed E-state index contributed by atoms with van der Waals surface area (Å²) in [6.07, 6.45) is 7.75. The van der Waals surface area contributed by atoms with Crippen molar-refractivity contribution in [2.75, 3.05) is 5.75 Å². The van der Waals surface area contributed by atoms with Crippen molar-refractivity contribution < 1.29 is 0 Å². The lowest BCUT2D eigenvalue weighted by Gasteiger charge is -2.10. The number of aryl methyl sites for hydroxylation is 2. The van der Waals surface area contributed by atoms with Gasteiger partial charge in [-0.15, -0.1) is 21.5 Å². The number of rotatable bonds is 5. The number of nitrogens with zero attached hydrogens (tertiary/aromatic N) is 4. The zero-order valence-electron chi connectivity index (χ0n) is 12.7. The molecule has 0 bridgehead atoms. The SMILES string of the molecule is CCCSc1nnc(Sc2ncnc3sc4c(c23)CCCC4)s1. The normalized spacial score (nSPS) is 14.3. The van der Waals surface area contributed by atoms with E-state index in [1.54, 1.807) is 41.2 Å². The Bertz CT molecular complexity index is 826. The fourth-order valence-corrected chi connectivity index (χ4v) is 6.98. The van der Waals surface area contributed by atoms with Crippen LogP contribution in [-0.2, 0) is 12.8 Å². The van der Waals surface area contributed by atoms with Crippen molar-refractivity contribution in [2.45, 2.75) is 52.7 Å². The van der Waals surface area contributed by atoms with Gasteiger partial charge in [0.05, 0.1) is 0 Å². The minimum Gasteiger partial charge on any atom is -0.229 e. The first kappa shape index (κ1) is 15.8. The summed E-state index contributed by atoms with van der Waals surface area (Å²) in [5.41, 5.74) is 1.48. The fraction of sp³-hybridized carbons (Fsp3) is 0.467. The van der Waals surface area contributed by atoms with Crippen molar-refractivity contribution in [3.05, 3.63) is 16.8 Å². The maximum absolute atomic E-state index is 4.54. The van der Waals surface area contributed by atoms with E-state index in [-0.39, 0.29) is 0 Å². The predicted octanol–water partition coefficient (Wildman–Crippen LogP) is 5.07. The first-order valence-electron chi connectivity index (χ1n) is 7.74. The fourth-order valence-electron chi connectivity index (χ4n) is 2.71. The highest BCUT2D eigenvalue weighted by Crippen LogP contribution is 2.42. The van der Waals surface area contributed by atoms with E-state index in [0.29, 0.717) is 0 Å². The molecule has 0 saturated carbocycles. The molecular weight excluding hydrogens is 364 g/mol. The molecule has 0 spiro atoms. The Morgan fingerprint density at radius 1 is 1.09 bits per heavy atom. The Kier molecular flexibility index (Phi) is 4.84. The highest BCUT2D eigenvalue weighted by molar-refractivity contribution is 8.03. The van der Waals surface area contributed by atoms with Crippen molar-refractivity contribution in [2.24, 2.45) is 0 Å². The summed E-state index contributed by atoms with van der Waals surface area (Å²) in [4.78, 5) is 11.7. The van der Waals surface area contributed by atoms with E-state index in [2.05, 4.69) is 27.1 Å². The zero-order valence-corrected chi connectivity index (χ0v) is 16.0. The van der Waals surface area contributed by atoms with Gasteiger partial charge < -0.3 is 0 Å². The maximum Gasteiger partial charge on any atom is 0.181 e. The molecule has 0 unspecified atom stereocenters. The van der Waals surface area contributed by atoms with Gasteiger partial charge in [0.2, 0.25) is 0 Å². The molecule has 3 heterocycles. The van der Waals surface area contributed by atoms with Gasteiger partial charge in [0.1, 0.15) is 16.2 Å². The Balaban J connectivity index is 1.66. The van der Waals surface area contributed by atoms with Gasteiger partial charge in [0.25, 0.3) is 0 Å². The topological polar surface area (TPSA) is 51.6 Å². The molecule has 0 atom stereocenters. The summed E-state index contributed by atoms with van der Waals surface area (Å²) in [5, 5.41) is 10.9. The molecule has 0 aromatic carbocycles. The van der Waals surface area contributed by atoms with E-state index in [0.717, 1.165) is 37.1 Å². The van der Waals surface area contributed by atoms with Gasteiger partial charge in [-0.3, -0.25) is 0 Å². The number of fused-ring (bicyclic) bond motifs is 3. The summed E-state index contributed by atoms with van der Waals surface area (Å²) in [6.45, 7) is 2.18. The summed E-state index contributed by atoms with van der Waals surface area (Å²) in [6, 6.07) is 0. The number of hydrogen-bond acceptors (Lipinski definition) is 8. The van der Waals surface area contributed by atoms with Crippen LogP contribution in [0.3, 0.4) is 0 Å². The van der Waals surface area contributed by atoms with Crippen molar-refractivity contribution in [3.63, 3.8) is 0 Å². The summed E-state index contributed by atoms with van der Waals surface area (Å²) < 4.78 is 2.02. The first-order chi connectivity index (χ1) is 11.3. The average molecular weight is 381 g/mol. The minimum atomic E-state index is 0.972. The molecule has 120 valence electrons. The van der Waals surface area contributed by atoms with E-state index in [1.807, 2.05) is 11.3 Å². The molecule has 1 aliphatic carbocycles. The van der Waals surface area contributed by atoms with Crippen molar-refractivity contribution in [1.29, 1.82) is 0 Å². The Labute approximate surface area is 151 Å². The van der Waals surface area contributed by atoms with E-state index >= 15 is 0 Å². The lowest BCUT2D eigenvalue weighted by molar-refractivity contribution is 0.699. The Hall–Kier alpha value is -0.700. The van der Waals surface area contributed by atoms with E-state index in [1.165, 1.54) is 35.1 Å². The van der Waals surface area contributed by atoms with Crippen molar-refractivity contribution >= 4 is 56.4 Å². The summed E-state index contributed by atoms with van der Waals surface area (Å²) in [7, 11) is 0. The van der Waals surface area contributed by atoms with Gasteiger partial charge >= 0.3 is 0 Å². The second-order valence-electron chi connectivity index (χ2n) is 5.35. The molecule has 4 nitrogen and oxygen atoms in total. The minimum absolute atomic E-state index is 0.972. The quantitative estimate of drug-likeness (QED) is 0.455. The van der Waals surface area contributed by atoms with Crippen molar-refractivity contribution in [3.8, 4) is 0 Å². The highest BCUT2D eigenvalue weighted by atomic mass is 32.2. The number of aromatic nitrogens is 4. The third-order valence-electron chi connectivity index (χ3n) is 3.72. The molecule has 4 rings (SSSR count). The first-order valence-corrected chi connectivity index (χ1v) is 11.2. The van der Waals surface area contributed by atoms with Gasteiger partial charge in [0, 0.05) is 16.0 Å². The van der Waals surface area contributed by atoms with Crippen LogP contribution in [0.4, 0.5) is 0 Å². The molecule has 0 fully saturated rings. The van der Waals surface area contributed by atoms with E-state index < -0.39 is 0 Å². The Morgan fingerprint density at radius 2 is 1.96 bits per heavy atom. The molecule has 3 aromatic heterocycles. The van der Waals surface area contributed by atoms with Crippen LogP contribution in [-0.4, -0.2) is 25.9 Å². The summed E-state index contributed by atoms with van der Waals surface area (Å²) in [5.74, 6) is 1.09. The Morgan fingerprint density at radius 3 is 2.87 bits per heavy atom. The van der Waals surface area contributed by atoms with Crippen LogP contribution >= 0.6 is 46.2 Å². The summed E-state index contributed by atoms with van der Waals surface area (Å²) >= 11 is 6.92. The molecule has 23 heavy (non-hydrogen) atoms. The van der Waals surface area contributed by atoms with Crippen LogP contribution in [0, 0.1) is 0 Å². The van der Waals surface area contributed by atoms with E-state index in [9.17, 15) is 0 Å². The standard InChI is InChI=1S/C15H16N4S4/c1-2-7-20-14-18-19-15(23-14)22-13-11-9-5-3-4-6-10(9)21-12(11)16-8-17-13/h8H,2-7H2,1H3. The lowest BCUT2D eigenvalue weighted by Crippen LogP contribution is -1.98. The van der Waals surface area contributed by atoms with Crippen LogP contribution in [0.2, 0.25) is 0 Å². The molecular formula is C15H16N4S4. The van der Waals surface area contributed by atoms with Crippen LogP contribution in [0.25, 0.3) is 10.2 Å². The molecule has 0 amide bonds. The van der Waals surface area contributed by atoms with Crippen molar-refractivity contribution in [1.82, 2.24) is 20.2 Å². The van der Waals surface area contributed by atoms with Gasteiger partial charge in [-0.2, -0.15) is 0 Å².